The number of halogens is 1. The van der Waals surface area contributed by atoms with Gasteiger partial charge in [0.2, 0.25) is 0 Å². The van der Waals surface area contributed by atoms with Crippen LogP contribution in [-0.2, 0) is 0 Å². The number of hydrogen-bond donors (Lipinski definition) is 1. The van der Waals surface area contributed by atoms with Crippen LogP contribution in [0.3, 0.4) is 0 Å². The number of H-pyrrole nitrogens is 1. The molecule has 1 heterocycles. The fourth-order valence-corrected chi connectivity index (χ4v) is 0.806. The normalized spacial score (nSPS) is 9.55. The second-order valence-corrected chi connectivity index (χ2v) is 2.22. The topological polar surface area (TPSA) is 76.0 Å². The van der Waals surface area contributed by atoms with E-state index in [4.69, 9.17) is 11.6 Å². The summed E-state index contributed by atoms with van der Waals surface area (Å²) in [6, 6.07) is 1.94. The summed E-state index contributed by atoms with van der Waals surface area (Å²) in [6.45, 7) is 0. The predicted molar refractivity (Wildman–Crippen MR) is 38.7 cm³/mol. The minimum absolute atomic E-state index is 0.0378. The summed E-state index contributed by atoms with van der Waals surface area (Å²) in [5.41, 5.74) is -0.886. The molecule has 1 aromatic rings. The first-order chi connectivity index (χ1) is 5.09. The highest BCUT2D eigenvalue weighted by Gasteiger charge is 2.06. The average Bonchev–Trinajstić information content (AvgIpc) is 1.85. The van der Waals surface area contributed by atoms with Crippen LogP contribution in [0.25, 0.3) is 0 Å². The van der Waals surface area contributed by atoms with E-state index >= 15 is 0 Å². The van der Waals surface area contributed by atoms with Crippen LogP contribution in [-0.4, -0.2) is 9.91 Å². The molecule has 0 fully saturated rings. The molecule has 0 aliphatic heterocycles. The third kappa shape index (κ3) is 1.78. The van der Waals surface area contributed by atoms with Crippen molar-refractivity contribution in [1.29, 1.82) is 0 Å². The quantitative estimate of drug-likeness (QED) is 0.391. The van der Waals surface area contributed by atoms with Gasteiger partial charge in [-0.2, -0.15) is 0 Å². The van der Waals surface area contributed by atoms with E-state index in [-0.39, 0.29) is 10.8 Å². The van der Waals surface area contributed by atoms with Crippen molar-refractivity contribution in [3.63, 3.8) is 0 Å². The van der Waals surface area contributed by atoms with E-state index in [0.717, 1.165) is 12.1 Å². The van der Waals surface area contributed by atoms with Crippen LogP contribution < -0.4 is 5.56 Å². The Bertz CT molecular complexity index is 346. The molecule has 58 valence electrons. The molecule has 0 saturated heterocycles. The lowest BCUT2D eigenvalue weighted by atomic mass is 10.4. The van der Waals surface area contributed by atoms with E-state index in [0.29, 0.717) is 0 Å². The van der Waals surface area contributed by atoms with Crippen LogP contribution in [0.5, 0.6) is 0 Å². The Balaban J connectivity index is 3.30. The fraction of sp³-hybridized carbons (Fsp3) is 0. The van der Waals surface area contributed by atoms with Crippen molar-refractivity contribution in [3.8, 4) is 0 Å². The zero-order valence-electron chi connectivity index (χ0n) is 5.20. The van der Waals surface area contributed by atoms with Crippen molar-refractivity contribution in [2.24, 2.45) is 0 Å². The lowest BCUT2D eigenvalue weighted by Gasteiger charge is -1.89. The molecule has 11 heavy (non-hydrogen) atoms. The van der Waals surface area contributed by atoms with Crippen molar-refractivity contribution in [2.75, 3.05) is 0 Å². The maximum absolute atomic E-state index is 10.6. The molecule has 5 nitrogen and oxygen atoms in total. The molecule has 1 N–H and O–H groups in total. The van der Waals surface area contributed by atoms with E-state index < -0.39 is 10.5 Å². The number of nitrogens with one attached hydrogen (secondary N) is 1. The van der Waals surface area contributed by atoms with Crippen molar-refractivity contribution < 1.29 is 4.92 Å². The molecule has 0 amide bonds. The van der Waals surface area contributed by atoms with Gasteiger partial charge >= 0.3 is 0 Å². The van der Waals surface area contributed by atoms with Crippen LogP contribution in [0.1, 0.15) is 0 Å². The molecule has 0 aromatic carbocycles. The number of nitro groups is 1. The number of aromatic nitrogens is 1. The highest BCUT2D eigenvalue weighted by atomic mass is 35.5. The largest absolute Gasteiger partial charge is 0.313 e. The van der Waals surface area contributed by atoms with E-state index in [1.54, 1.807) is 0 Å². The minimum atomic E-state index is -0.679. The summed E-state index contributed by atoms with van der Waals surface area (Å²) >= 11 is 5.33. The molecule has 0 atom stereocenters. The molecular formula is C5H3ClN2O3. The van der Waals surface area contributed by atoms with Crippen LogP contribution in [0.4, 0.5) is 5.69 Å². The van der Waals surface area contributed by atoms with Crippen molar-refractivity contribution >= 4 is 17.3 Å². The van der Waals surface area contributed by atoms with Gasteiger partial charge in [0.1, 0.15) is 5.15 Å². The Hall–Kier alpha value is -1.36. The van der Waals surface area contributed by atoms with Gasteiger partial charge in [-0.3, -0.25) is 14.9 Å². The minimum Gasteiger partial charge on any atom is -0.313 e. The summed E-state index contributed by atoms with van der Waals surface area (Å²) in [5.74, 6) is 0. The number of nitrogens with zero attached hydrogens (tertiary/aromatic N) is 1. The smallest absolute Gasteiger partial charge is 0.277 e. The standard InChI is InChI=1S/C5H3ClN2O3/c6-4-1-3(8(10)11)2-5(9)7-4/h1-2H,(H,7,9). The van der Waals surface area contributed by atoms with Crippen LogP contribution in [0.15, 0.2) is 16.9 Å². The molecule has 0 aliphatic rings. The van der Waals surface area contributed by atoms with Gasteiger partial charge in [0.25, 0.3) is 11.2 Å². The Morgan fingerprint density at radius 1 is 1.55 bits per heavy atom. The zero-order chi connectivity index (χ0) is 8.43. The molecule has 0 spiro atoms. The van der Waals surface area contributed by atoms with Gasteiger partial charge in [0.15, 0.2) is 0 Å². The van der Waals surface area contributed by atoms with E-state index in [2.05, 4.69) is 4.98 Å². The first-order valence-corrected chi connectivity index (χ1v) is 3.01. The van der Waals surface area contributed by atoms with Gasteiger partial charge in [0, 0.05) is 0 Å². The first kappa shape index (κ1) is 7.74. The van der Waals surface area contributed by atoms with Gasteiger partial charge < -0.3 is 4.98 Å². The van der Waals surface area contributed by atoms with Gasteiger partial charge in [-0.05, 0) is 0 Å². The summed E-state index contributed by atoms with van der Waals surface area (Å²) < 4.78 is 0. The van der Waals surface area contributed by atoms with Gasteiger partial charge in [0.05, 0.1) is 17.1 Å². The number of rotatable bonds is 1. The highest BCUT2D eigenvalue weighted by molar-refractivity contribution is 6.29. The molecule has 0 unspecified atom stereocenters. The van der Waals surface area contributed by atoms with Crippen molar-refractivity contribution in [2.45, 2.75) is 0 Å². The van der Waals surface area contributed by atoms with Gasteiger partial charge in [-0.1, -0.05) is 11.6 Å². The van der Waals surface area contributed by atoms with Crippen molar-refractivity contribution in [3.05, 3.63) is 37.8 Å². The first-order valence-electron chi connectivity index (χ1n) is 2.64. The molecule has 0 saturated carbocycles. The predicted octanol–water partition coefficient (Wildman–Crippen LogP) is 0.936. The number of pyridine rings is 1. The molecule has 6 heteroatoms. The maximum atomic E-state index is 10.6. The van der Waals surface area contributed by atoms with Crippen molar-refractivity contribution in [1.82, 2.24) is 4.98 Å². The second kappa shape index (κ2) is 2.71. The third-order valence-electron chi connectivity index (χ3n) is 1.01. The fourth-order valence-electron chi connectivity index (χ4n) is 0.601. The maximum Gasteiger partial charge on any atom is 0.277 e. The Labute approximate surface area is 65.8 Å². The summed E-state index contributed by atoms with van der Waals surface area (Å²) in [5, 5.41) is 10.1. The monoisotopic (exact) mass is 174 g/mol. The molecule has 1 aromatic heterocycles. The molecule has 1 rings (SSSR count). The molecule has 0 radical (unpaired) electrons. The van der Waals surface area contributed by atoms with E-state index in [1.165, 1.54) is 0 Å². The lowest BCUT2D eigenvalue weighted by Crippen LogP contribution is -2.05. The highest BCUT2D eigenvalue weighted by Crippen LogP contribution is 2.11. The Kier molecular flexibility index (Phi) is 1.91. The zero-order valence-corrected chi connectivity index (χ0v) is 5.96. The van der Waals surface area contributed by atoms with E-state index in [9.17, 15) is 14.9 Å². The SMILES string of the molecule is O=c1cc([N+](=O)[O-])cc(Cl)[nH]1. The van der Waals surface area contributed by atoms with Crippen LogP contribution in [0.2, 0.25) is 5.15 Å². The summed E-state index contributed by atoms with van der Waals surface area (Å²) in [4.78, 5) is 22.2. The van der Waals surface area contributed by atoms with Crippen LogP contribution >= 0.6 is 11.6 Å². The van der Waals surface area contributed by atoms with Gasteiger partial charge in [-0.25, -0.2) is 0 Å². The average molecular weight is 175 g/mol. The lowest BCUT2D eigenvalue weighted by molar-refractivity contribution is -0.385. The number of aromatic amines is 1. The molecule has 0 aliphatic carbocycles. The van der Waals surface area contributed by atoms with Gasteiger partial charge in [-0.15, -0.1) is 0 Å². The van der Waals surface area contributed by atoms with Crippen LogP contribution in [0, 0.1) is 10.1 Å². The Morgan fingerprint density at radius 3 is 2.64 bits per heavy atom. The second-order valence-electron chi connectivity index (χ2n) is 1.81. The molecular weight excluding hydrogens is 172 g/mol. The number of hydrogen-bond acceptors (Lipinski definition) is 3. The molecule has 0 bridgehead atoms. The third-order valence-corrected chi connectivity index (χ3v) is 1.21. The summed E-state index contributed by atoms with van der Waals surface area (Å²) in [7, 11) is 0. The summed E-state index contributed by atoms with van der Waals surface area (Å²) in [6.07, 6.45) is 0. The Morgan fingerprint density at radius 2 is 2.18 bits per heavy atom. The van der Waals surface area contributed by atoms with E-state index in [1.807, 2.05) is 0 Å².